The maximum Gasteiger partial charge on any atom is 0.254 e. The van der Waals surface area contributed by atoms with E-state index in [-0.39, 0.29) is 23.7 Å². The number of piperidine rings is 1. The second kappa shape index (κ2) is 9.76. The number of aromatic nitrogens is 3. The summed E-state index contributed by atoms with van der Waals surface area (Å²) in [5, 5.41) is 11.4. The van der Waals surface area contributed by atoms with E-state index in [4.69, 9.17) is 27.1 Å². The van der Waals surface area contributed by atoms with Crippen molar-refractivity contribution in [1.82, 2.24) is 19.0 Å². The lowest BCUT2D eigenvalue weighted by atomic mass is 10.0. The van der Waals surface area contributed by atoms with Crippen LogP contribution in [0.15, 0.2) is 54.6 Å². The smallest absolute Gasteiger partial charge is 0.254 e. The zero-order chi connectivity index (χ0) is 29.6. The Labute approximate surface area is 254 Å². The average Bonchev–Trinajstić information content (AvgIpc) is 3.42. The molecule has 0 spiro atoms. The number of nitrogens with zero attached hydrogens (tertiary/aromatic N) is 4. The van der Waals surface area contributed by atoms with Gasteiger partial charge < -0.3 is 29.6 Å². The third-order valence-corrected chi connectivity index (χ3v) is 10.2. The number of methoxy groups -OCH3 is 1. The molecular weight excluding hydrogens is 562 g/mol. The van der Waals surface area contributed by atoms with E-state index in [0.29, 0.717) is 28.2 Å². The highest BCUT2D eigenvalue weighted by atomic mass is 35.5. The van der Waals surface area contributed by atoms with Gasteiger partial charge in [-0.1, -0.05) is 29.8 Å². The third kappa shape index (κ3) is 4.22. The number of halogens is 1. The van der Waals surface area contributed by atoms with Gasteiger partial charge in [-0.05, 0) is 85.0 Å². The van der Waals surface area contributed by atoms with Crippen LogP contribution in [0, 0.1) is 11.8 Å². The molecule has 2 bridgehead atoms. The number of hydrogen-bond donors (Lipinski definition) is 2. The van der Waals surface area contributed by atoms with Crippen LogP contribution in [0.1, 0.15) is 36.0 Å². The first-order valence-corrected chi connectivity index (χ1v) is 15.4. The van der Waals surface area contributed by atoms with E-state index in [2.05, 4.69) is 33.4 Å². The van der Waals surface area contributed by atoms with E-state index in [1.54, 1.807) is 19.2 Å². The van der Waals surface area contributed by atoms with Crippen LogP contribution in [-0.4, -0.2) is 55.8 Å². The van der Waals surface area contributed by atoms with Crippen LogP contribution in [0.3, 0.4) is 0 Å². The predicted octanol–water partition coefficient (Wildman–Crippen LogP) is 6.20. The molecule has 3 fully saturated rings. The summed E-state index contributed by atoms with van der Waals surface area (Å²) in [7, 11) is 3.65. The standard InChI is InChI=1S/C34H34ClN5O3/c1-38-32-25(12-23(15-30(32)43-2)34(42)40-17-22-7-9-26(40)31(22)36)37-33(38)28-14-21-6-5-20(19-8-10-29(41)24(35)11-19)13-27(21)39(28)16-18-3-4-18/h5-6,8,10-15,18,22,26,31,41H,3-4,7,9,16-17,36H2,1-2H3. The SMILES string of the molecule is COc1cc(C(=O)N2CC3CCC2C3N)cc2nc(-c3cc4ccc(-c5ccc(O)c(Cl)c5)cc4n3CC3CC3)n(C)c12. The zero-order valence-corrected chi connectivity index (χ0v) is 25.0. The highest BCUT2D eigenvalue weighted by molar-refractivity contribution is 6.32. The minimum Gasteiger partial charge on any atom is -0.506 e. The highest BCUT2D eigenvalue weighted by Gasteiger charge is 2.47. The van der Waals surface area contributed by atoms with Crippen LogP contribution < -0.4 is 10.5 Å². The number of nitrogens with two attached hydrogens (primary N) is 1. The Morgan fingerprint density at radius 2 is 1.86 bits per heavy atom. The number of phenols is 1. The molecule has 3 unspecified atom stereocenters. The number of likely N-dealkylation sites (tertiary alicyclic amines) is 1. The molecule has 3 aromatic carbocycles. The van der Waals surface area contributed by atoms with Crippen LogP contribution in [0.25, 0.3) is 44.6 Å². The molecule has 3 heterocycles. The summed E-state index contributed by atoms with van der Waals surface area (Å²) in [6, 6.07) is 17.9. The average molecular weight is 596 g/mol. The molecule has 2 saturated carbocycles. The molecule has 3 atom stereocenters. The number of aromatic hydroxyl groups is 1. The summed E-state index contributed by atoms with van der Waals surface area (Å²) >= 11 is 6.24. The first kappa shape index (κ1) is 26.6. The molecule has 1 saturated heterocycles. The third-order valence-electron chi connectivity index (χ3n) is 9.87. The summed E-state index contributed by atoms with van der Waals surface area (Å²) in [4.78, 5) is 20.8. The number of carbonyl (C=O) groups excluding carboxylic acids is 1. The number of amides is 1. The molecule has 2 aliphatic carbocycles. The molecule has 1 aliphatic heterocycles. The molecule has 0 radical (unpaired) electrons. The van der Waals surface area contributed by atoms with E-state index in [1.807, 2.05) is 30.1 Å². The van der Waals surface area contributed by atoms with Crippen molar-refractivity contribution in [2.45, 2.75) is 44.3 Å². The normalized spacial score (nSPS) is 21.4. The molecule has 8 nitrogen and oxygen atoms in total. The minimum absolute atomic E-state index is 0.000219. The van der Waals surface area contributed by atoms with Gasteiger partial charge in [-0.25, -0.2) is 4.98 Å². The molecule has 3 N–H and O–H groups in total. The quantitative estimate of drug-likeness (QED) is 0.243. The summed E-state index contributed by atoms with van der Waals surface area (Å²) < 4.78 is 10.3. The molecule has 1 amide bonds. The lowest BCUT2D eigenvalue weighted by Gasteiger charge is -2.27. The van der Waals surface area contributed by atoms with Gasteiger partial charge in [0.05, 0.1) is 23.3 Å². The Bertz CT molecular complexity index is 1940. The monoisotopic (exact) mass is 595 g/mol. The van der Waals surface area contributed by atoms with Gasteiger partial charge in [0.25, 0.3) is 5.91 Å². The zero-order valence-electron chi connectivity index (χ0n) is 24.3. The van der Waals surface area contributed by atoms with Gasteiger partial charge in [0.1, 0.15) is 17.0 Å². The molecule has 8 rings (SSSR count). The first-order valence-electron chi connectivity index (χ1n) is 15.0. The topological polar surface area (TPSA) is 98.5 Å². The Balaban J connectivity index is 1.24. The number of carbonyl (C=O) groups is 1. The van der Waals surface area contributed by atoms with Crippen LogP contribution in [-0.2, 0) is 13.6 Å². The fraction of sp³-hybridized carbons (Fsp3) is 0.353. The fourth-order valence-corrected chi connectivity index (χ4v) is 7.51. The number of fused-ring (bicyclic) bond motifs is 4. The molecular formula is C34H34ClN5O3. The van der Waals surface area contributed by atoms with Crippen LogP contribution in [0.5, 0.6) is 11.5 Å². The lowest BCUT2D eigenvalue weighted by Crippen LogP contribution is -2.41. The first-order chi connectivity index (χ1) is 20.8. The van der Waals surface area contributed by atoms with Gasteiger partial charge in [-0.2, -0.15) is 0 Å². The molecule has 43 heavy (non-hydrogen) atoms. The molecule has 9 heteroatoms. The number of hydrogen-bond acceptors (Lipinski definition) is 5. The fourth-order valence-electron chi connectivity index (χ4n) is 7.33. The Morgan fingerprint density at radius 1 is 1.07 bits per heavy atom. The maximum atomic E-state index is 13.7. The number of phenolic OH excluding ortho intramolecular Hbond substituents is 1. The Morgan fingerprint density at radius 3 is 2.56 bits per heavy atom. The summed E-state index contributed by atoms with van der Waals surface area (Å²) in [5.41, 5.74) is 12.7. The van der Waals surface area contributed by atoms with Crippen molar-refractivity contribution >= 4 is 39.4 Å². The maximum absolute atomic E-state index is 13.7. The minimum atomic E-state index is -0.000219. The van der Waals surface area contributed by atoms with Crippen molar-refractivity contribution in [2.24, 2.45) is 24.6 Å². The second-order valence-electron chi connectivity index (χ2n) is 12.5. The van der Waals surface area contributed by atoms with E-state index in [1.165, 1.54) is 12.8 Å². The number of imidazole rings is 1. The van der Waals surface area contributed by atoms with Crippen LogP contribution in [0.2, 0.25) is 5.02 Å². The van der Waals surface area contributed by atoms with E-state index in [9.17, 15) is 9.90 Å². The van der Waals surface area contributed by atoms with E-state index < -0.39 is 0 Å². The summed E-state index contributed by atoms with van der Waals surface area (Å²) in [6.45, 7) is 1.62. The van der Waals surface area contributed by atoms with Gasteiger partial charge in [-0.3, -0.25) is 4.79 Å². The molecule has 3 aliphatic rings. The van der Waals surface area contributed by atoms with Gasteiger partial charge in [0.15, 0.2) is 5.82 Å². The number of rotatable bonds is 6. The van der Waals surface area contributed by atoms with E-state index in [0.717, 1.165) is 70.5 Å². The second-order valence-corrected chi connectivity index (χ2v) is 12.9. The van der Waals surface area contributed by atoms with Gasteiger partial charge in [-0.15, -0.1) is 0 Å². The Kier molecular flexibility index (Phi) is 6.04. The number of benzene rings is 3. The highest BCUT2D eigenvalue weighted by Crippen LogP contribution is 2.41. The molecule has 2 aromatic heterocycles. The summed E-state index contributed by atoms with van der Waals surface area (Å²) in [6.07, 6.45) is 4.50. The lowest BCUT2D eigenvalue weighted by molar-refractivity contribution is 0.0700. The number of ether oxygens (including phenoxy) is 1. The van der Waals surface area contributed by atoms with Crippen molar-refractivity contribution in [3.05, 3.63) is 65.2 Å². The van der Waals surface area contributed by atoms with Gasteiger partial charge in [0, 0.05) is 48.7 Å². The number of aryl methyl sites for hydroxylation is 1. The molecule has 220 valence electrons. The van der Waals surface area contributed by atoms with Crippen molar-refractivity contribution in [3.63, 3.8) is 0 Å². The van der Waals surface area contributed by atoms with Crippen molar-refractivity contribution in [2.75, 3.05) is 13.7 Å². The van der Waals surface area contributed by atoms with Gasteiger partial charge in [0.2, 0.25) is 0 Å². The molecule has 5 aromatic rings. The van der Waals surface area contributed by atoms with Crippen molar-refractivity contribution < 1.29 is 14.6 Å². The Hall–Kier alpha value is -4.01. The van der Waals surface area contributed by atoms with Crippen molar-refractivity contribution in [3.8, 4) is 34.1 Å². The largest absolute Gasteiger partial charge is 0.506 e. The predicted molar refractivity (Wildman–Crippen MR) is 169 cm³/mol. The van der Waals surface area contributed by atoms with Crippen LogP contribution >= 0.6 is 11.6 Å². The van der Waals surface area contributed by atoms with Crippen LogP contribution in [0.4, 0.5) is 0 Å². The van der Waals surface area contributed by atoms with E-state index >= 15 is 0 Å². The summed E-state index contributed by atoms with van der Waals surface area (Å²) in [5.74, 6) is 2.56. The van der Waals surface area contributed by atoms with Gasteiger partial charge >= 0.3 is 0 Å². The van der Waals surface area contributed by atoms with Crippen molar-refractivity contribution in [1.29, 1.82) is 0 Å².